The third kappa shape index (κ3) is 3.42. The van der Waals surface area contributed by atoms with Crippen LogP contribution in [-0.4, -0.2) is 30.4 Å². The highest BCUT2D eigenvalue weighted by Gasteiger charge is 2.20. The minimum atomic E-state index is -0.311. The van der Waals surface area contributed by atoms with E-state index in [4.69, 9.17) is 9.47 Å². The number of ketones is 1. The molecule has 0 spiro atoms. The molecular weight excluding hydrogens is 308 g/mol. The largest absolute Gasteiger partial charge is 0.493 e. The lowest BCUT2D eigenvalue weighted by Crippen LogP contribution is -2.14. The summed E-state index contributed by atoms with van der Waals surface area (Å²) in [4.78, 5) is 27.2. The number of aromatic nitrogens is 1. The van der Waals surface area contributed by atoms with E-state index >= 15 is 0 Å². The summed E-state index contributed by atoms with van der Waals surface area (Å²) in [5.41, 5.74) is 2.86. The molecule has 0 aliphatic carbocycles. The normalized spacial score (nSPS) is 10.4. The number of hydrogen-bond acceptors (Lipinski definition) is 4. The van der Waals surface area contributed by atoms with Crippen LogP contribution in [0.4, 0.5) is 5.69 Å². The summed E-state index contributed by atoms with van der Waals surface area (Å²) in [6, 6.07) is 5.17. The van der Waals surface area contributed by atoms with Gasteiger partial charge in [0.05, 0.1) is 13.7 Å². The summed E-state index contributed by atoms with van der Waals surface area (Å²) in [5.74, 6) is 0.777. The van der Waals surface area contributed by atoms with Crippen molar-refractivity contribution in [2.24, 2.45) is 0 Å². The van der Waals surface area contributed by atoms with Gasteiger partial charge in [0.25, 0.3) is 5.91 Å². The number of amides is 1. The second-order valence-electron chi connectivity index (χ2n) is 5.43. The van der Waals surface area contributed by atoms with Crippen LogP contribution in [0.3, 0.4) is 0 Å². The molecule has 0 fully saturated rings. The van der Waals surface area contributed by atoms with Crippen molar-refractivity contribution in [1.29, 1.82) is 0 Å². The standard InChI is InChI=1S/C18H22N2O4/c1-6-24-14-8-7-13(9-15(14)23-5)20-18(22)17-10(2)16(12(4)21)11(3)19-17/h7-9,19H,6H2,1-5H3,(H,20,22). The molecule has 0 aliphatic rings. The number of Topliss-reactive ketones (excluding diaryl/α,β-unsaturated/α-hetero) is 1. The lowest BCUT2D eigenvalue weighted by molar-refractivity contribution is 0.101. The number of H-pyrrole nitrogens is 1. The van der Waals surface area contributed by atoms with Crippen molar-refractivity contribution in [3.63, 3.8) is 0 Å². The highest BCUT2D eigenvalue weighted by molar-refractivity contribution is 6.07. The number of nitrogens with one attached hydrogen (secondary N) is 2. The summed E-state index contributed by atoms with van der Waals surface area (Å²) in [6.07, 6.45) is 0. The number of benzene rings is 1. The van der Waals surface area contributed by atoms with E-state index in [1.165, 1.54) is 6.92 Å². The maximum Gasteiger partial charge on any atom is 0.272 e. The maximum absolute atomic E-state index is 12.5. The average molecular weight is 330 g/mol. The molecule has 2 aromatic rings. The van der Waals surface area contributed by atoms with Gasteiger partial charge in [0.2, 0.25) is 0 Å². The molecule has 1 amide bonds. The molecule has 24 heavy (non-hydrogen) atoms. The zero-order valence-electron chi connectivity index (χ0n) is 14.6. The number of anilines is 1. The molecule has 1 aromatic heterocycles. The van der Waals surface area contributed by atoms with Crippen LogP contribution in [0.5, 0.6) is 11.5 Å². The van der Waals surface area contributed by atoms with Gasteiger partial charge in [-0.15, -0.1) is 0 Å². The lowest BCUT2D eigenvalue weighted by atomic mass is 10.1. The van der Waals surface area contributed by atoms with Gasteiger partial charge in [-0.05, 0) is 45.4 Å². The molecule has 0 aliphatic heterocycles. The van der Waals surface area contributed by atoms with E-state index in [-0.39, 0.29) is 11.7 Å². The van der Waals surface area contributed by atoms with E-state index in [0.717, 1.165) is 0 Å². The van der Waals surface area contributed by atoms with E-state index in [1.807, 2.05) is 6.92 Å². The SMILES string of the molecule is CCOc1ccc(NC(=O)c2[nH]c(C)c(C(C)=O)c2C)cc1OC. The van der Waals surface area contributed by atoms with Crippen molar-refractivity contribution < 1.29 is 19.1 Å². The molecule has 6 nitrogen and oxygen atoms in total. The van der Waals surface area contributed by atoms with Gasteiger partial charge < -0.3 is 19.8 Å². The fraction of sp³-hybridized carbons (Fsp3) is 0.333. The van der Waals surface area contributed by atoms with Gasteiger partial charge >= 0.3 is 0 Å². The highest BCUT2D eigenvalue weighted by Crippen LogP contribution is 2.30. The molecule has 0 saturated carbocycles. The first-order chi connectivity index (χ1) is 11.4. The Labute approximate surface area is 141 Å². The summed E-state index contributed by atoms with van der Waals surface area (Å²) in [7, 11) is 1.54. The van der Waals surface area contributed by atoms with Crippen molar-refractivity contribution in [2.45, 2.75) is 27.7 Å². The molecule has 0 bridgehead atoms. The van der Waals surface area contributed by atoms with Crippen LogP contribution in [0.2, 0.25) is 0 Å². The molecule has 6 heteroatoms. The third-order valence-electron chi connectivity index (χ3n) is 3.74. The number of rotatable bonds is 6. The van der Waals surface area contributed by atoms with Gasteiger partial charge in [-0.3, -0.25) is 9.59 Å². The minimum absolute atomic E-state index is 0.0666. The van der Waals surface area contributed by atoms with Gasteiger partial charge in [0.1, 0.15) is 5.69 Å². The van der Waals surface area contributed by atoms with Crippen molar-refractivity contribution in [3.05, 3.63) is 40.7 Å². The fourth-order valence-corrected chi connectivity index (χ4v) is 2.72. The molecular formula is C18H22N2O4. The summed E-state index contributed by atoms with van der Waals surface area (Å²) in [5, 5.41) is 2.81. The van der Waals surface area contributed by atoms with Crippen molar-refractivity contribution in [1.82, 2.24) is 4.98 Å². The van der Waals surface area contributed by atoms with Gasteiger partial charge in [-0.25, -0.2) is 0 Å². The molecule has 1 heterocycles. The Morgan fingerprint density at radius 2 is 1.92 bits per heavy atom. The maximum atomic E-state index is 12.5. The first-order valence-corrected chi connectivity index (χ1v) is 7.71. The van der Waals surface area contributed by atoms with Crippen LogP contribution in [-0.2, 0) is 0 Å². The topological polar surface area (TPSA) is 80.4 Å². The van der Waals surface area contributed by atoms with Crippen LogP contribution in [0, 0.1) is 13.8 Å². The fourth-order valence-electron chi connectivity index (χ4n) is 2.72. The van der Waals surface area contributed by atoms with Crippen LogP contribution in [0.25, 0.3) is 0 Å². The van der Waals surface area contributed by atoms with E-state index in [0.29, 0.717) is 46.3 Å². The predicted molar refractivity (Wildman–Crippen MR) is 92.4 cm³/mol. The number of ether oxygens (including phenoxy) is 2. The van der Waals surface area contributed by atoms with Crippen molar-refractivity contribution >= 4 is 17.4 Å². The molecule has 128 valence electrons. The number of aromatic amines is 1. The Bertz CT molecular complexity index is 778. The van der Waals surface area contributed by atoms with Crippen molar-refractivity contribution in [3.8, 4) is 11.5 Å². The van der Waals surface area contributed by atoms with E-state index in [2.05, 4.69) is 10.3 Å². The highest BCUT2D eigenvalue weighted by atomic mass is 16.5. The molecule has 0 atom stereocenters. The predicted octanol–water partition coefficient (Wildman–Crippen LogP) is 3.49. The summed E-state index contributed by atoms with van der Waals surface area (Å²) >= 11 is 0. The molecule has 2 rings (SSSR count). The first-order valence-electron chi connectivity index (χ1n) is 7.71. The Morgan fingerprint density at radius 1 is 1.21 bits per heavy atom. The smallest absolute Gasteiger partial charge is 0.272 e. The lowest BCUT2D eigenvalue weighted by Gasteiger charge is -2.11. The van der Waals surface area contributed by atoms with Gasteiger partial charge in [0.15, 0.2) is 17.3 Å². The van der Waals surface area contributed by atoms with Gasteiger partial charge in [-0.1, -0.05) is 0 Å². The number of carbonyl (C=O) groups excluding carboxylic acids is 2. The minimum Gasteiger partial charge on any atom is -0.493 e. The molecule has 0 saturated heterocycles. The zero-order valence-corrected chi connectivity index (χ0v) is 14.6. The molecule has 2 N–H and O–H groups in total. The number of methoxy groups -OCH3 is 1. The van der Waals surface area contributed by atoms with Crippen LogP contribution < -0.4 is 14.8 Å². The second-order valence-corrected chi connectivity index (χ2v) is 5.43. The average Bonchev–Trinajstić information content (AvgIpc) is 2.83. The molecule has 1 aromatic carbocycles. The molecule has 0 unspecified atom stereocenters. The first kappa shape index (κ1) is 17.6. The third-order valence-corrected chi connectivity index (χ3v) is 3.74. The van der Waals surface area contributed by atoms with Crippen molar-refractivity contribution in [2.75, 3.05) is 19.0 Å². The zero-order chi connectivity index (χ0) is 17.9. The van der Waals surface area contributed by atoms with Gasteiger partial charge in [-0.2, -0.15) is 0 Å². The Balaban J connectivity index is 2.27. The summed E-state index contributed by atoms with van der Waals surface area (Å²) < 4.78 is 10.7. The van der Waals surface area contributed by atoms with E-state index in [1.54, 1.807) is 39.2 Å². The van der Waals surface area contributed by atoms with E-state index < -0.39 is 0 Å². The van der Waals surface area contributed by atoms with Crippen LogP contribution >= 0.6 is 0 Å². The quantitative estimate of drug-likeness (QED) is 0.795. The van der Waals surface area contributed by atoms with Gasteiger partial charge in [0, 0.05) is 23.0 Å². The number of hydrogen-bond donors (Lipinski definition) is 2. The molecule has 0 radical (unpaired) electrons. The second kappa shape index (κ2) is 7.21. The number of carbonyl (C=O) groups is 2. The number of aryl methyl sites for hydroxylation is 1. The Hall–Kier alpha value is -2.76. The van der Waals surface area contributed by atoms with E-state index in [9.17, 15) is 9.59 Å². The van der Waals surface area contributed by atoms with Crippen LogP contribution in [0.1, 0.15) is 46.0 Å². The Kier molecular flexibility index (Phi) is 5.28. The van der Waals surface area contributed by atoms with Crippen LogP contribution in [0.15, 0.2) is 18.2 Å². The monoisotopic (exact) mass is 330 g/mol. The summed E-state index contributed by atoms with van der Waals surface area (Å²) in [6.45, 7) is 7.44. The Morgan fingerprint density at radius 3 is 2.46 bits per heavy atom.